The summed E-state index contributed by atoms with van der Waals surface area (Å²) in [6.45, 7) is 2.26. The summed E-state index contributed by atoms with van der Waals surface area (Å²) in [5.41, 5.74) is 4.39. The molecule has 41 heavy (non-hydrogen) atoms. The highest BCUT2D eigenvalue weighted by Crippen LogP contribution is 2.34. The number of unbranched alkanes of at least 4 members (excludes halogenated alkanes) is 4. The minimum atomic E-state index is -0.511. The third-order valence-electron chi connectivity index (χ3n) is 9.09. The monoisotopic (exact) mass is 582 g/mol. The highest BCUT2D eigenvalue weighted by Gasteiger charge is 2.21. The molecule has 0 unspecified atom stereocenters. The molecule has 3 aromatic rings. The van der Waals surface area contributed by atoms with Crippen molar-refractivity contribution in [2.75, 3.05) is 0 Å². The molecule has 1 saturated carbocycles. The Labute approximate surface area is 250 Å². The average Bonchev–Trinajstić information content (AvgIpc) is 2.97. The van der Waals surface area contributed by atoms with Gasteiger partial charge in [0.2, 0.25) is 0 Å². The lowest BCUT2D eigenvalue weighted by Crippen LogP contribution is -2.16. The van der Waals surface area contributed by atoms with Crippen LogP contribution in [0, 0.1) is 29.3 Å². The van der Waals surface area contributed by atoms with Crippen LogP contribution in [0.15, 0.2) is 54.6 Å². The Morgan fingerprint density at radius 3 is 1.66 bits per heavy atom. The Hall–Kier alpha value is -2.26. The van der Waals surface area contributed by atoms with Crippen LogP contribution in [0.3, 0.4) is 0 Å². The van der Waals surface area contributed by atoms with Gasteiger partial charge in [0.15, 0.2) is 0 Å². The van der Waals surface area contributed by atoms with E-state index < -0.39 is 17.5 Å². The third-order valence-corrected chi connectivity index (χ3v) is 9.40. The van der Waals surface area contributed by atoms with E-state index in [0.717, 1.165) is 24.3 Å². The van der Waals surface area contributed by atoms with Gasteiger partial charge in [-0.2, -0.15) is 0 Å². The maximum atomic E-state index is 14.8. The van der Waals surface area contributed by atoms with E-state index in [4.69, 9.17) is 11.6 Å². The Bertz CT molecular complexity index is 1190. The maximum absolute atomic E-state index is 14.8. The predicted molar refractivity (Wildman–Crippen MR) is 166 cm³/mol. The van der Waals surface area contributed by atoms with Crippen LogP contribution in [-0.4, -0.2) is 0 Å². The molecule has 0 aromatic heterocycles. The lowest BCUT2D eigenvalue weighted by molar-refractivity contribution is 0.253. The standard InChI is InChI=1S/C37H46ClF3/c1-2-3-4-5-6-7-27-8-10-28(11-9-27)12-13-29-14-16-30(17-15-29)18-19-32-25-35(39)33(36(40)26-32)22-20-31-21-23-34(38)37(41)24-31/h8-11,21,23-26,29-30H,2-7,12-20,22H2,1H3/t29-,30-. The van der Waals surface area contributed by atoms with Crippen molar-refractivity contribution in [3.63, 3.8) is 0 Å². The first-order valence-corrected chi connectivity index (χ1v) is 16.3. The summed E-state index contributed by atoms with van der Waals surface area (Å²) in [6, 6.07) is 16.8. The summed E-state index contributed by atoms with van der Waals surface area (Å²) in [6.07, 6.45) is 17.4. The quantitative estimate of drug-likeness (QED) is 0.156. The molecule has 0 saturated heterocycles. The van der Waals surface area contributed by atoms with E-state index in [2.05, 4.69) is 31.2 Å². The van der Waals surface area contributed by atoms with Crippen LogP contribution in [0.25, 0.3) is 0 Å². The molecule has 3 aromatic carbocycles. The molecular weight excluding hydrogens is 537 g/mol. The number of hydrogen-bond donors (Lipinski definition) is 0. The molecule has 0 N–H and O–H groups in total. The molecule has 4 rings (SSSR count). The van der Waals surface area contributed by atoms with Crippen LogP contribution < -0.4 is 0 Å². The van der Waals surface area contributed by atoms with Crippen LogP contribution in [0.2, 0.25) is 5.02 Å². The van der Waals surface area contributed by atoms with Crippen LogP contribution >= 0.6 is 11.6 Å². The van der Waals surface area contributed by atoms with E-state index in [0.29, 0.717) is 24.3 Å². The molecule has 0 radical (unpaired) electrons. The largest absolute Gasteiger partial charge is 0.207 e. The van der Waals surface area contributed by atoms with Gasteiger partial charge in [-0.15, -0.1) is 0 Å². The molecule has 0 atom stereocenters. The van der Waals surface area contributed by atoms with Crippen LogP contribution in [0.4, 0.5) is 13.2 Å². The second kappa shape index (κ2) is 16.4. The van der Waals surface area contributed by atoms with Gasteiger partial charge in [-0.05, 0) is 110 Å². The first-order valence-electron chi connectivity index (χ1n) is 15.9. The van der Waals surface area contributed by atoms with Gasteiger partial charge in [0.1, 0.15) is 17.5 Å². The molecule has 0 amide bonds. The number of aryl methyl sites for hydroxylation is 4. The second-order valence-electron chi connectivity index (χ2n) is 12.2. The molecule has 0 spiro atoms. The maximum Gasteiger partial charge on any atom is 0.142 e. The Morgan fingerprint density at radius 1 is 0.561 bits per heavy atom. The minimum Gasteiger partial charge on any atom is -0.207 e. The molecule has 0 bridgehead atoms. The molecule has 222 valence electrons. The van der Waals surface area contributed by atoms with Crippen LogP contribution in [0.5, 0.6) is 0 Å². The van der Waals surface area contributed by atoms with Crippen molar-refractivity contribution in [2.24, 2.45) is 11.8 Å². The molecule has 1 aliphatic rings. The number of rotatable bonds is 15. The number of halogens is 4. The second-order valence-corrected chi connectivity index (χ2v) is 12.6. The predicted octanol–water partition coefficient (Wildman–Crippen LogP) is 11.4. The fourth-order valence-electron chi connectivity index (χ4n) is 6.36. The average molecular weight is 583 g/mol. The zero-order valence-electron chi connectivity index (χ0n) is 24.7. The zero-order chi connectivity index (χ0) is 29.0. The van der Waals surface area contributed by atoms with Crippen molar-refractivity contribution in [3.05, 3.63) is 105 Å². The van der Waals surface area contributed by atoms with Gasteiger partial charge in [0.25, 0.3) is 0 Å². The van der Waals surface area contributed by atoms with E-state index >= 15 is 0 Å². The van der Waals surface area contributed by atoms with Gasteiger partial charge < -0.3 is 0 Å². The highest BCUT2D eigenvalue weighted by molar-refractivity contribution is 6.30. The lowest BCUT2D eigenvalue weighted by atomic mass is 9.77. The highest BCUT2D eigenvalue weighted by atomic mass is 35.5. The van der Waals surface area contributed by atoms with E-state index in [1.807, 2.05) is 0 Å². The van der Waals surface area contributed by atoms with E-state index in [1.54, 1.807) is 6.07 Å². The number of hydrogen-bond acceptors (Lipinski definition) is 0. The van der Waals surface area contributed by atoms with Gasteiger partial charge in [-0.1, -0.05) is 100 Å². The molecule has 1 aliphatic carbocycles. The summed E-state index contributed by atoms with van der Waals surface area (Å²) >= 11 is 5.73. The Balaban J connectivity index is 1.15. The van der Waals surface area contributed by atoms with Gasteiger partial charge in [-0.3, -0.25) is 0 Å². The smallest absolute Gasteiger partial charge is 0.142 e. The fourth-order valence-corrected chi connectivity index (χ4v) is 6.48. The van der Waals surface area contributed by atoms with Gasteiger partial charge >= 0.3 is 0 Å². The summed E-state index contributed by atoms with van der Waals surface area (Å²) in [4.78, 5) is 0. The topological polar surface area (TPSA) is 0 Å². The SMILES string of the molecule is CCCCCCCc1ccc(CC[C@H]2CC[C@H](CCc3cc(F)c(CCc4ccc(Cl)c(F)c4)c(F)c3)CC2)cc1. The van der Waals surface area contributed by atoms with Crippen LogP contribution in [0.1, 0.15) is 105 Å². The van der Waals surface area contributed by atoms with E-state index in [1.165, 1.54) is 106 Å². The van der Waals surface area contributed by atoms with Crippen molar-refractivity contribution in [1.29, 1.82) is 0 Å². The molecule has 0 aliphatic heterocycles. The van der Waals surface area contributed by atoms with Crippen molar-refractivity contribution in [3.8, 4) is 0 Å². The Kier molecular flexibility index (Phi) is 12.7. The summed E-state index contributed by atoms with van der Waals surface area (Å²) < 4.78 is 43.2. The summed E-state index contributed by atoms with van der Waals surface area (Å²) in [5, 5.41) is 0.0492. The molecule has 0 nitrogen and oxygen atoms in total. The Morgan fingerprint density at radius 2 is 1.07 bits per heavy atom. The normalized spacial score (nSPS) is 17.2. The molecule has 0 heterocycles. The number of benzene rings is 3. The van der Waals surface area contributed by atoms with E-state index in [9.17, 15) is 13.2 Å². The van der Waals surface area contributed by atoms with Gasteiger partial charge in [0, 0.05) is 5.56 Å². The summed E-state index contributed by atoms with van der Waals surface area (Å²) in [5.74, 6) is -0.0968. The van der Waals surface area contributed by atoms with Crippen molar-refractivity contribution in [2.45, 2.75) is 110 Å². The van der Waals surface area contributed by atoms with Crippen LogP contribution in [-0.2, 0) is 32.1 Å². The van der Waals surface area contributed by atoms with Crippen molar-refractivity contribution >= 4 is 11.6 Å². The van der Waals surface area contributed by atoms with Crippen molar-refractivity contribution in [1.82, 2.24) is 0 Å². The molecular formula is C37H46ClF3. The summed E-state index contributed by atoms with van der Waals surface area (Å²) in [7, 11) is 0. The van der Waals surface area contributed by atoms with E-state index in [-0.39, 0.29) is 17.0 Å². The molecule has 4 heteroatoms. The first-order chi connectivity index (χ1) is 19.9. The third kappa shape index (κ3) is 10.2. The molecule has 1 fully saturated rings. The van der Waals surface area contributed by atoms with Gasteiger partial charge in [-0.25, -0.2) is 13.2 Å². The first kappa shape index (κ1) is 31.7. The lowest BCUT2D eigenvalue weighted by Gasteiger charge is -2.28. The zero-order valence-corrected chi connectivity index (χ0v) is 25.4. The minimum absolute atomic E-state index is 0.0492. The van der Waals surface area contributed by atoms with Gasteiger partial charge in [0.05, 0.1) is 5.02 Å². The van der Waals surface area contributed by atoms with Crippen molar-refractivity contribution < 1.29 is 13.2 Å². The fraction of sp³-hybridized carbons (Fsp3) is 0.514.